The van der Waals surface area contributed by atoms with Gasteiger partial charge in [-0.3, -0.25) is 4.98 Å². The van der Waals surface area contributed by atoms with Gasteiger partial charge in [0.2, 0.25) is 0 Å². The normalized spacial score (nSPS) is 10.1. The molecule has 1 heterocycles. The predicted molar refractivity (Wildman–Crippen MR) is 57.8 cm³/mol. The van der Waals surface area contributed by atoms with Gasteiger partial charge in [-0.15, -0.1) is 0 Å². The molecular formula is C9H7F2IN2O. The van der Waals surface area contributed by atoms with Crippen LogP contribution in [-0.2, 0) is 6.42 Å². The summed E-state index contributed by atoms with van der Waals surface area (Å²) >= 11 is 1.87. The highest BCUT2D eigenvalue weighted by molar-refractivity contribution is 14.1. The number of alkyl halides is 2. The maximum absolute atomic E-state index is 12.5. The zero-order chi connectivity index (χ0) is 11.4. The molecule has 80 valence electrons. The highest BCUT2D eigenvalue weighted by atomic mass is 127. The second-order valence-electron chi connectivity index (χ2n) is 2.65. The summed E-state index contributed by atoms with van der Waals surface area (Å²) in [5.41, 5.74) is 0.211. The Morgan fingerprint density at radius 1 is 1.67 bits per heavy atom. The van der Waals surface area contributed by atoms with Crippen molar-refractivity contribution in [1.29, 1.82) is 5.26 Å². The molecule has 0 amide bonds. The Bertz CT molecular complexity index is 404. The number of methoxy groups -OCH3 is 1. The first kappa shape index (κ1) is 12.1. The van der Waals surface area contributed by atoms with Gasteiger partial charge in [-0.25, -0.2) is 8.78 Å². The third-order valence-corrected chi connectivity index (χ3v) is 2.94. The van der Waals surface area contributed by atoms with Crippen LogP contribution in [0.2, 0.25) is 0 Å². The van der Waals surface area contributed by atoms with Crippen molar-refractivity contribution in [2.75, 3.05) is 7.11 Å². The van der Waals surface area contributed by atoms with Gasteiger partial charge >= 0.3 is 0 Å². The van der Waals surface area contributed by atoms with Gasteiger partial charge in [-0.05, 0) is 22.6 Å². The van der Waals surface area contributed by atoms with Crippen LogP contribution in [0.3, 0.4) is 0 Å². The topological polar surface area (TPSA) is 45.9 Å². The van der Waals surface area contributed by atoms with Crippen molar-refractivity contribution in [3.8, 4) is 11.8 Å². The standard InChI is InChI=1S/C9H7F2IN2O/c1-15-8-6(12)5(2-3-13)4-14-7(8)9(10)11/h4,9H,2H2,1H3. The molecule has 0 atom stereocenters. The van der Waals surface area contributed by atoms with E-state index in [4.69, 9.17) is 10.00 Å². The number of aromatic nitrogens is 1. The summed E-state index contributed by atoms with van der Waals surface area (Å²) in [6.07, 6.45) is -1.26. The maximum Gasteiger partial charge on any atom is 0.284 e. The lowest BCUT2D eigenvalue weighted by atomic mass is 10.2. The summed E-state index contributed by atoms with van der Waals surface area (Å²) in [5, 5.41) is 8.52. The average molecular weight is 324 g/mol. The molecule has 0 N–H and O–H groups in total. The molecule has 0 saturated heterocycles. The maximum atomic E-state index is 12.5. The first-order valence-electron chi connectivity index (χ1n) is 3.98. The molecule has 3 nitrogen and oxygen atoms in total. The fraction of sp³-hybridized carbons (Fsp3) is 0.333. The van der Waals surface area contributed by atoms with Gasteiger partial charge in [-0.1, -0.05) is 0 Å². The van der Waals surface area contributed by atoms with Crippen molar-refractivity contribution in [2.24, 2.45) is 0 Å². The van der Waals surface area contributed by atoms with E-state index in [9.17, 15) is 8.78 Å². The van der Waals surface area contributed by atoms with Crippen LogP contribution < -0.4 is 4.74 Å². The smallest absolute Gasteiger partial charge is 0.284 e. The van der Waals surface area contributed by atoms with Crippen LogP contribution in [0.15, 0.2) is 6.20 Å². The van der Waals surface area contributed by atoms with Crippen molar-refractivity contribution in [3.63, 3.8) is 0 Å². The van der Waals surface area contributed by atoms with E-state index in [1.165, 1.54) is 13.3 Å². The minimum Gasteiger partial charge on any atom is -0.493 e. The highest BCUT2D eigenvalue weighted by Gasteiger charge is 2.20. The third kappa shape index (κ3) is 2.53. The van der Waals surface area contributed by atoms with Gasteiger partial charge in [0.15, 0.2) is 5.75 Å². The lowest BCUT2D eigenvalue weighted by molar-refractivity contribution is 0.141. The number of nitrogens with zero attached hydrogens (tertiary/aromatic N) is 2. The van der Waals surface area contributed by atoms with Gasteiger partial charge < -0.3 is 4.74 Å². The Morgan fingerprint density at radius 2 is 2.33 bits per heavy atom. The van der Waals surface area contributed by atoms with E-state index in [1.54, 1.807) is 0 Å². The average Bonchev–Trinajstić information content (AvgIpc) is 2.20. The summed E-state index contributed by atoms with van der Waals surface area (Å²) in [4.78, 5) is 3.60. The zero-order valence-electron chi connectivity index (χ0n) is 7.80. The molecule has 15 heavy (non-hydrogen) atoms. The van der Waals surface area contributed by atoms with E-state index in [0.29, 0.717) is 9.13 Å². The van der Waals surface area contributed by atoms with E-state index in [2.05, 4.69) is 4.98 Å². The summed E-state index contributed by atoms with van der Waals surface area (Å²) in [5.74, 6) is 0.0540. The Labute approximate surface area is 99.2 Å². The lowest BCUT2D eigenvalue weighted by Crippen LogP contribution is -2.02. The van der Waals surface area contributed by atoms with Crippen LogP contribution in [0, 0.1) is 14.9 Å². The second-order valence-corrected chi connectivity index (χ2v) is 3.73. The molecule has 0 radical (unpaired) electrons. The summed E-state index contributed by atoms with van der Waals surface area (Å²) in [7, 11) is 1.31. The van der Waals surface area contributed by atoms with Crippen LogP contribution in [-0.4, -0.2) is 12.1 Å². The van der Waals surface area contributed by atoms with E-state index < -0.39 is 6.43 Å². The third-order valence-electron chi connectivity index (χ3n) is 1.75. The predicted octanol–water partition coefficient (Wildman–Crippen LogP) is 2.70. The molecule has 0 fully saturated rings. The molecule has 1 aromatic rings. The minimum absolute atomic E-state index is 0.0540. The van der Waals surface area contributed by atoms with Crippen molar-refractivity contribution >= 4 is 22.6 Å². The monoisotopic (exact) mass is 324 g/mol. The van der Waals surface area contributed by atoms with Crippen LogP contribution in [0.4, 0.5) is 8.78 Å². The van der Waals surface area contributed by atoms with E-state index >= 15 is 0 Å². The van der Waals surface area contributed by atoms with E-state index in [1.807, 2.05) is 28.7 Å². The van der Waals surface area contributed by atoms with Crippen LogP contribution in [0.25, 0.3) is 0 Å². The molecule has 0 aromatic carbocycles. The fourth-order valence-electron chi connectivity index (χ4n) is 1.08. The lowest BCUT2D eigenvalue weighted by Gasteiger charge is -2.10. The van der Waals surface area contributed by atoms with Gasteiger partial charge in [0, 0.05) is 11.8 Å². The largest absolute Gasteiger partial charge is 0.493 e. The minimum atomic E-state index is -2.68. The summed E-state index contributed by atoms with van der Waals surface area (Å²) in [6, 6.07) is 1.94. The molecule has 6 heteroatoms. The molecule has 0 saturated carbocycles. The first-order valence-corrected chi connectivity index (χ1v) is 5.06. The van der Waals surface area contributed by atoms with E-state index in [-0.39, 0.29) is 17.9 Å². The molecule has 1 rings (SSSR count). The number of ether oxygens (including phenoxy) is 1. The van der Waals surface area contributed by atoms with Crippen molar-refractivity contribution in [3.05, 3.63) is 21.0 Å². The fourth-order valence-corrected chi connectivity index (χ4v) is 1.91. The van der Waals surface area contributed by atoms with E-state index in [0.717, 1.165) is 0 Å². The molecular weight excluding hydrogens is 317 g/mol. The van der Waals surface area contributed by atoms with Crippen LogP contribution in [0.5, 0.6) is 5.75 Å². The second kappa shape index (κ2) is 5.21. The number of hydrogen-bond donors (Lipinski definition) is 0. The zero-order valence-corrected chi connectivity index (χ0v) is 9.96. The molecule has 0 aliphatic carbocycles. The number of hydrogen-bond acceptors (Lipinski definition) is 3. The van der Waals surface area contributed by atoms with Gasteiger partial charge in [0.25, 0.3) is 6.43 Å². The number of pyridine rings is 1. The Balaban J connectivity index is 3.27. The van der Waals surface area contributed by atoms with Gasteiger partial charge in [0.1, 0.15) is 5.69 Å². The summed E-state index contributed by atoms with van der Waals surface area (Å²) in [6.45, 7) is 0. The van der Waals surface area contributed by atoms with Crippen LogP contribution in [0.1, 0.15) is 17.7 Å². The number of halogens is 3. The molecule has 0 bridgehead atoms. The van der Waals surface area contributed by atoms with Gasteiger partial charge in [-0.2, -0.15) is 5.26 Å². The van der Waals surface area contributed by atoms with Crippen molar-refractivity contribution < 1.29 is 13.5 Å². The number of rotatable bonds is 3. The summed E-state index contributed by atoms with van der Waals surface area (Å²) < 4.78 is 30.4. The SMILES string of the molecule is COc1c(C(F)F)ncc(CC#N)c1I. The number of nitriles is 1. The van der Waals surface area contributed by atoms with Gasteiger partial charge in [0.05, 0.1) is 23.2 Å². The first-order chi connectivity index (χ1) is 7.11. The molecule has 0 unspecified atom stereocenters. The Hall–Kier alpha value is -0.970. The van der Waals surface area contributed by atoms with Crippen LogP contribution >= 0.6 is 22.6 Å². The Morgan fingerprint density at radius 3 is 2.80 bits per heavy atom. The Kier molecular flexibility index (Phi) is 4.20. The highest BCUT2D eigenvalue weighted by Crippen LogP contribution is 2.33. The molecule has 0 aliphatic rings. The molecule has 0 spiro atoms. The van der Waals surface area contributed by atoms with Crippen molar-refractivity contribution in [2.45, 2.75) is 12.8 Å². The quantitative estimate of drug-likeness (QED) is 0.803. The molecule has 1 aromatic heterocycles. The van der Waals surface area contributed by atoms with Crippen molar-refractivity contribution in [1.82, 2.24) is 4.98 Å². The molecule has 0 aliphatic heterocycles.